The molecule has 2 heterocycles. The summed E-state index contributed by atoms with van der Waals surface area (Å²) in [7, 11) is 0. The molecule has 0 fully saturated rings. The van der Waals surface area contributed by atoms with Crippen molar-refractivity contribution < 1.29 is 0 Å². The second-order valence-electron chi connectivity index (χ2n) is 3.60. The highest BCUT2D eigenvalue weighted by atomic mass is 35.5. The van der Waals surface area contributed by atoms with E-state index in [0.29, 0.717) is 15.1 Å². The van der Waals surface area contributed by atoms with Crippen LogP contribution in [-0.2, 0) is 0 Å². The summed E-state index contributed by atoms with van der Waals surface area (Å²) >= 11 is 19.3. The van der Waals surface area contributed by atoms with Gasteiger partial charge in [0.15, 0.2) is 5.82 Å². The van der Waals surface area contributed by atoms with Gasteiger partial charge in [-0.25, -0.2) is 0 Å². The van der Waals surface area contributed by atoms with Gasteiger partial charge in [0.05, 0.1) is 15.1 Å². The van der Waals surface area contributed by atoms with Gasteiger partial charge < -0.3 is 0 Å². The van der Waals surface area contributed by atoms with Gasteiger partial charge in [0.2, 0.25) is 4.96 Å². The molecule has 0 spiro atoms. The molecule has 0 radical (unpaired) electrons. The summed E-state index contributed by atoms with van der Waals surface area (Å²) in [6.07, 6.45) is 0. The van der Waals surface area contributed by atoms with Crippen molar-refractivity contribution in [3.05, 3.63) is 33.0 Å². The van der Waals surface area contributed by atoms with E-state index in [-0.39, 0.29) is 0 Å². The first-order chi connectivity index (χ1) is 8.56. The van der Waals surface area contributed by atoms with Crippen molar-refractivity contribution >= 4 is 51.1 Å². The Labute approximate surface area is 121 Å². The number of benzene rings is 1. The van der Waals surface area contributed by atoms with Crippen molar-refractivity contribution in [1.29, 1.82) is 0 Å². The smallest absolute Gasteiger partial charge is 0.187 e. The fraction of sp³-hybridized carbons (Fsp3) is 0.100. The fourth-order valence-electron chi connectivity index (χ4n) is 1.51. The summed E-state index contributed by atoms with van der Waals surface area (Å²) in [5.74, 6) is 0.735. The molecule has 18 heavy (non-hydrogen) atoms. The standard InChI is InChI=1S/C10H5Cl3N4S/c1-4-14-15-10-17(4)16-9(18-10)5-2-6(11)8(13)7(12)3-5/h2-3H,1H3. The lowest BCUT2D eigenvalue weighted by Crippen LogP contribution is -1.88. The Kier molecular flexibility index (Phi) is 2.94. The van der Waals surface area contributed by atoms with Crippen molar-refractivity contribution in [2.24, 2.45) is 0 Å². The molecule has 3 rings (SSSR count). The van der Waals surface area contributed by atoms with Crippen LogP contribution >= 0.6 is 46.1 Å². The van der Waals surface area contributed by atoms with Crippen molar-refractivity contribution in [3.8, 4) is 10.6 Å². The van der Waals surface area contributed by atoms with Gasteiger partial charge in [0.1, 0.15) is 5.01 Å². The van der Waals surface area contributed by atoms with E-state index in [2.05, 4.69) is 15.3 Å². The molecule has 0 atom stereocenters. The van der Waals surface area contributed by atoms with Gasteiger partial charge in [-0.1, -0.05) is 46.1 Å². The molecular weight excluding hydrogens is 315 g/mol. The lowest BCUT2D eigenvalue weighted by atomic mass is 10.2. The van der Waals surface area contributed by atoms with Crippen LogP contribution in [0.5, 0.6) is 0 Å². The minimum atomic E-state index is 0.348. The average molecular weight is 320 g/mol. The van der Waals surface area contributed by atoms with Gasteiger partial charge in [-0.15, -0.1) is 10.2 Å². The lowest BCUT2D eigenvalue weighted by molar-refractivity contribution is 0.898. The van der Waals surface area contributed by atoms with Crippen LogP contribution in [0, 0.1) is 6.92 Å². The van der Waals surface area contributed by atoms with Crippen LogP contribution < -0.4 is 0 Å². The van der Waals surface area contributed by atoms with E-state index in [9.17, 15) is 0 Å². The monoisotopic (exact) mass is 318 g/mol. The van der Waals surface area contributed by atoms with Gasteiger partial charge in [-0.3, -0.25) is 0 Å². The van der Waals surface area contributed by atoms with E-state index in [1.165, 1.54) is 11.3 Å². The molecule has 0 amide bonds. The maximum absolute atomic E-state index is 6.00. The molecule has 0 aliphatic rings. The average Bonchev–Trinajstić information content (AvgIpc) is 2.88. The first-order valence-corrected chi connectivity index (χ1v) is 6.85. The summed E-state index contributed by atoms with van der Waals surface area (Å²) in [5.41, 5.74) is 0.810. The summed E-state index contributed by atoms with van der Waals surface area (Å²) < 4.78 is 1.68. The topological polar surface area (TPSA) is 43.1 Å². The van der Waals surface area contributed by atoms with Crippen LogP contribution in [0.4, 0.5) is 0 Å². The molecule has 0 aliphatic carbocycles. The second kappa shape index (κ2) is 4.35. The van der Waals surface area contributed by atoms with E-state index >= 15 is 0 Å². The van der Waals surface area contributed by atoms with Crippen molar-refractivity contribution in [2.75, 3.05) is 0 Å². The van der Waals surface area contributed by atoms with E-state index < -0.39 is 0 Å². The van der Waals surface area contributed by atoms with Gasteiger partial charge in [0.25, 0.3) is 0 Å². The number of aryl methyl sites for hydroxylation is 1. The maximum Gasteiger partial charge on any atom is 0.234 e. The van der Waals surface area contributed by atoms with E-state index in [0.717, 1.165) is 21.4 Å². The Hall–Kier alpha value is -0.880. The third-order valence-electron chi connectivity index (χ3n) is 2.38. The zero-order valence-electron chi connectivity index (χ0n) is 8.99. The second-order valence-corrected chi connectivity index (χ2v) is 5.75. The third kappa shape index (κ3) is 1.87. The van der Waals surface area contributed by atoms with E-state index in [1.807, 2.05) is 6.92 Å². The minimum absolute atomic E-state index is 0.348. The highest BCUT2D eigenvalue weighted by Crippen LogP contribution is 2.36. The number of hydrogen-bond acceptors (Lipinski definition) is 4. The molecule has 3 aromatic rings. The Morgan fingerprint density at radius 2 is 1.78 bits per heavy atom. The molecule has 0 N–H and O–H groups in total. The lowest BCUT2D eigenvalue weighted by Gasteiger charge is -2.01. The van der Waals surface area contributed by atoms with Crippen molar-refractivity contribution in [1.82, 2.24) is 19.8 Å². The van der Waals surface area contributed by atoms with Crippen molar-refractivity contribution in [2.45, 2.75) is 6.92 Å². The first kappa shape index (κ1) is 12.2. The molecule has 2 aromatic heterocycles. The number of nitrogens with zero attached hydrogens (tertiary/aromatic N) is 4. The largest absolute Gasteiger partial charge is 0.234 e. The Morgan fingerprint density at radius 3 is 2.39 bits per heavy atom. The van der Waals surface area contributed by atoms with E-state index in [1.54, 1.807) is 16.6 Å². The predicted molar refractivity (Wildman–Crippen MR) is 73.9 cm³/mol. The van der Waals surface area contributed by atoms with Crippen molar-refractivity contribution in [3.63, 3.8) is 0 Å². The Balaban J connectivity index is 2.19. The molecule has 0 saturated heterocycles. The number of halogens is 3. The molecule has 0 unspecified atom stereocenters. The van der Waals surface area contributed by atoms with E-state index in [4.69, 9.17) is 34.8 Å². The number of rotatable bonds is 1. The zero-order valence-corrected chi connectivity index (χ0v) is 12.1. The summed E-state index contributed by atoms with van der Waals surface area (Å²) in [6.45, 7) is 1.84. The van der Waals surface area contributed by atoms with Gasteiger partial charge >= 0.3 is 0 Å². The first-order valence-electron chi connectivity index (χ1n) is 4.90. The molecule has 8 heteroatoms. The van der Waals surface area contributed by atoms with Crippen LogP contribution in [-0.4, -0.2) is 19.8 Å². The number of aromatic nitrogens is 4. The third-order valence-corrected chi connectivity index (χ3v) is 4.52. The Bertz CT molecular complexity index is 726. The number of hydrogen-bond donors (Lipinski definition) is 0. The van der Waals surface area contributed by atoms with Crippen LogP contribution in [0.2, 0.25) is 15.1 Å². The van der Waals surface area contributed by atoms with Crippen LogP contribution in [0.1, 0.15) is 5.82 Å². The molecule has 4 nitrogen and oxygen atoms in total. The van der Waals surface area contributed by atoms with Crippen LogP contribution in [0.3, 0.4) is 0 Å². The van der Waals surface area contributed by atoms with Crippen LogP contribution in [0.25, 0.3) is 15.5 Å². The molecule has 0 saturated carbocycles. The molecule has 92 valence electrons. The molecular formula is C10H5Cl3N4S. The van der Waals surface area contributed by atoms with Crippen LogP contribution in [0.15, 0.2) is 12.1 Å². The Morgan fingerprint density at radius 1 is 1.11 bits per heavy atom. The minimum Gasteiger partial charge on any atom is -0.187 e. The summed E-state index contributed by atoms with van der Waals surface area (Å²) in [4.78, 5) is 0.727. The molecule has 1 aromatic carbocycles. The molecule has 0 aliphatic heterocycles. The SMILES string of the molecule is Cc1nnc2sc(-c3cc(Cl)c(Cl)c(Cl)c3)nn12. The number of fused-ring (bicyclic) bond motifs is 1. The summed E-state index contributed by atoms with van der Waals surface area (Å²) in [6, 6.07) is 3.47. The highest BCUT2D eigenvalue weighted by Gasteiger charge is 2.13. The predicted octanol–water partition coefficient (Wildman–Crippen LogP) is 4.12. The molecule has 0 bridgehead atoms. The summed E-state index contributed by atoms with van der Waals surface area (Å²) in [5, 5.41) is 14.3. The maximum atomic E-state index is 6.00. The van der Waals surface area contributed by atoms with Gasteiger partial charge in [-0.05, 0) is 19.1 Å². The normalized spacial score (nSPS) is 11.3. The quantitative estimate of drug-likeness (QED) is 0.634. The van der Waals surface area contributed by atoms with Gasteiger partial charge in [-0.2, -0.15) is 9.61 Å². The zero-order chi connectivity index (χ0) is 12.9. The van der Waals surface area contributed by atoms with Gasteiger partial charge in [0, 0.05) is 5.56 Å². The highest BCUT2D eigenvalue weighted by molar-refractivity contribution is 7.19. The fourth-order valence-corrected chi connectivity index (χ4v) is 2.98.